The number of aliphatic hydroxyl groups excluding tert-OH is 1. The standard InChI is InChI=1S/C18H20N2O4/c1-12-2-5-14(6-3-12)20-18(22)19-9-8-15(21)13-4-7-16-17(10-13)24-11-23-16/h2-7,10,15,21H,8-9,11H2,1H3,(H2,19,20,22). The number of hydrogen-bond donors (Lipinski definition) is 3. The number of urea groups is 1. The van der Waals surface area contributed by atoms with Crippen LogP contribution in [0.15, 0.2) is 42.5 Å². The van der Waals surface area contributed by atoms with Gasteiger partial charge in [-0.25, -0.2) is 4.79 Å². The molecular weight excluding hydrogens is 308 g/mol. The molecule has 2 aromatic carbocycles. The number of fused-ring (bicyclic) bond motifs is 1. The van der Waals surface area contributed by atoms with Gasteiger partial charge in [0.05, 0.1) is 6.10 Å². The van der Waals surface area contributed by atoms with E-state index in [0.29, 0.717) is 24.5 Å². The van der Waals surface area contributed by atoms with Crippen molar-refractivity contribution < 1.29 is 19.4 Å². The normalized spacial score (nSPS) is 13.4. The van der Waals surface area contributed by atoms with Gasteiger partial charge in [-0.15, -0.1) is 0 Å². The Kier molecular flexibility index (Phi) is 4.86. The highest BCUT2D eigenvalue weighted by Crippen LogP contribution is 2.34. The van der Waals surface area contributed by atoms with Gasteiger partial charge in [0, 0.05) is 12.2 Å². The second-order valence-corrected chi connectivity index (χ2v) is 5.66. The summed E-state index contributed by atoms with van der Waals surface area (Å²) in [4.78, 5) is 11.8. The lowest BCUT2D eigenvalue weighted by Gasteiger charge is -2.13. The fourth-order valence-corrected chi connectivity index (χ4v) is 2.42. The van der Waals surface area contributed by atoms with Gasteiger partial charge in [-0.2, -0.15) is 0 Å². The van der Waals surface area contributed by atoms with Crippen LogP contribution in [-0.2, 0) is 0 Å². The molecular formula is C18H20N2O4. The molecule has 0 aromatic heterocycles. The zero-order valence-corrected chi connectivity index (χ0v) is 13.4. The van der Waals surface area contributed by atoms with Crippen molar-refractivity contribution in [1.29, 1.82) is 0 Å². The van der Waals surface area contributed by atoms with E-state index in [4.69, 9.17) is 9.47 Å². The molecule has 6 nitrogen and oxygen atoms in total. The van der Waals surface area contributed by atoms with Crippen LogP contribution in [0.5, 0.6) is 11.5 Å². The number of rotatable bonds is 5. The first-order chi connectivity index (χ1) is 11.6. The Morgan fingerprint density at radius 3 is 2.71 bits per heavy atom. The van der Waals surface area contributed by atoms with Crippen LogP contribution in [0.3, 0.4) is 0 Å². The third-order valence-electron chi connectivity index (χ3n) is 3.79. The minimum atomic E-state index is -0.681. The predicted octanol–water partition coefficient (Wildman–Crippen LogP) is 2.97. The molecule has 0 fully saturated rings. The maximum atomic E-state index is 11.8. The van der Waals surface area contributed by atoms with Crippen LogP contribution in [0, 0.1) is 6.92 Å². The summed E-state index contributed by atoms with van der Waals surface area (Å²) < 4.78 is 10.5. The van der Waals surface area contributed by atoms with Crippen molar-refractivity contribution in [2.45, 2.75) is 19.4 Å². The van der Waals surface area contributed by atoms with Crippen molar-refractivity contribution in [2.24, 2.45) is 0 Å². The van der Waals surface area contributed by atoms with Gasteiger partial charge >= 0.3 is 6.03 Å². The summed E-state index contributed by atoms with van der Waals surface area (Å²) >= 11 is 0. The van der Waals surface area contributed by atoms with E-state index in [0.717, 1.165) is 16.8 Å². The Morgan fingerprint density at radius 2 is 1.92 bits per heavy atom. The zero-order valence-electron chi connectivity index (χ0n) is 13.4. The summed E-state index contributed by atoms with van der Waals surface area (Å²) in [6, 6.07) is 12.6. The van der Waals surface area contributed by atoms with Crippen LogP contribution < -0.4 is 20.1 Å². The lowest BCUT2D eigenvalue weighted by Crippen LogP contribution is -2.30. The maximum absolute atomic E-state index is 11.8. The molecule has 3 N–H and O–H groups in total. The molecule has 0 spiro atoms. The number of anilines is 1. The highest BCUT2D eigenvalue weighted by atomic mass is 16.7. The molecule has 1 heterocycles. The lowest BCUT2D eigenvalue weighted by molar-refractivity contribution is 0.165. The first-order valence-corrected chi connectivity index (χ1v) is 7.81. The molecule has 1 atom stereocenters. The molecule has 24 heavy (non-hydrogen) atoms. The molecule has 0 saturated heterocycles. The number of nitrogens with one attached hydrogen (secondary N) is 2. The largest absolute Gasteiger partial charge is 0.454 e. The fraction of sp³-hybridized carbons (Fsp3) is 0.278. The molecule has 0 radical (unpaired) electrons. The molecule has 3 rings (SSSR count). The van der Waals surface area contributed by atoms with E-state index in [-0.39, 0.29) is 12.8 Å². The lowest BCUT2D eigenvalue weighted by atomic mass is 10.1. The molecule has 0 saturated carbocycles. The van der Waals surface area contributed by atoms with E-state index < -0.39 is 6.10 Å². The molecule has 126 valence electrons. The van der Waals surface area contributed by atoms with Crippen LogP contribution in [0.25, 0.3) is 0 Å². The zero-order chi connectivity index (χ0) is 16.9. The van der Waals surface area contributed by atoms with Crippen molar-refractivity contribution in [3.05, 3.63) is 53.6 Å². The van der Waals surface area contributed by atoms with Crippen molar-refractivity contribution >= 4 is 11.7 Å². The van der Waals surface area contributed by atoms with Crippen molar-refractivity contribution in [3.63, 3.8) is 0 Å². The van der Waals surface area contributed by atoms with Gasteiger partial charge in [-0.1, -0.05) is 23.8 Å². The van der Waals surface area contributed by atoms with Gasteiger partial charge < -0.3 is 25.2 Å². The van der Waals surface area contributed by atoms with Crippen LogP contribution >= 0.6 is 0 Å². The van der Waals surface area contributed by atoms with Gasteiger partial charge in [0.15, 0.2) is 11.5 Å². The van der Waals surface area contributed by atoms with Gasteiger partial charge in [-0.3, -0.25) is 0 Å². The predicted molar refractivity (Wildman–Crippen MR) is 90.3 cm³/mol. The summed E-state index contributed by atoms with van der Waals surface area (Å²) in [5.41, 5.74) is 2.60. The quantitative estimate of drug-likeness (QED) is 0.788. The minimum absolute atomic E-state index is 0.204. The molecule has 2 aromatic rings. The summed E-state index contributed by atoms with van der Waals surface area (Å²) in [5.74, 6) is 1.32. The summed E-state index contributed by atoms with van der Waals surface area (Å²) in [6.45, 7) is 2.55. The average molecular weight is 328 g/mol. The van der Waals surface area contributed by atoms with E-state index in [2.05, 4.69) is 10.6 Å². The Balaban J connectivity index is 1.45. The SMILES string of the molecule is Cc1ccc(NC(=O)NCCC(O)c2ccc3c(c2)OCO3)cc1. The molecule has 2 amide bonds. The minimum Gasteiger partial charge on any atom is -0.454 e. The number of benzene rings is 2. The average Bonchev–Trinajstić information content (AvgIpc) is 3.04. The topological polar surface area (TPSA) is 79.8 Å². The van der Waals surface area contributed by atoms with Gasteiger partial charge in [0.25, 0.3) is 0 Å². The molecule has 0 aliphatic carbocycles. The van der Waals surface area contributed by atoms with Gasteiger partial charge in [0.1, 0.15) is 0 Å². The first-order valence-electron chi connectivity index (χ1n) is 7.81. The highest BCUT2D eigenvalue weighted by molar-refractivity contribution is 5.89. The molecule has 1 aliphatic rings. The summed E-state index contributed by atoms with van der Waals surface area (Å²) in [7, 11) is 0. The number of hydrogen-bond acceptors (Lipinski definition) is 4. The Labute approximate surface area is 140 Å². The van der Waals surface area contributed by atoms with Crippen LogP contribution in [0.1, 0.15) is 23.7 Å². The summed E-state index contributed by atoms with van der Waals surface area (Å²) in [6.07, 6.45) is -0.278. The van der Waals surface area contributed by atoms with Crippen LogP contribution in [0.4, 0.5) is 10.5 Å². The van der Waals surface area contributed by atoms with Crippen LogP contribution in [0.2, 0.25) is 0 Å². The van der Waals surface area contributed by atoms with Crippen molar-refractivity contribution in [2.75, 3.05) is 18.7 Å². The second kappa shape index (κ2) is 7.23. The van der Waals surface area contributed by atoms with E-state index in [1.165, 1.54) is 0 Å². The molecule has 6 heteroatoms. The first kappa shape index (κ1) is 16.1. The maximum Gasteiger partial charge on any atom is 0.319 e. The van der Waals surface area contributed by atoms with Crippen LogP contribution in [-0.4, -0.2) is 24.5 Å². The van der Waals surface area contributed by atoms with Crippen molar-refractivity contribution in [3.8, 4) is 11.5 Å². The third kappa shape index (κ3) is 3.97. The monoisotopic (exact) mass is 328 g/mol. The number of amides is 2. The molecule has 0 bridgehead atoms. The Hall–Kier alpha value is -2.73. The van der Waals surface area contributed by atoms with Gasteiger partial charge in [-0.05, 0) is 43.2 Å². The van der Waals surface area contributed by atoms with E-state index in [1.807, 2.05) is 31.2 Å². The second-order valence-electron chi connectivity index (χ2n) is 5.66. The van der Waals surface area contributed by atoms with E-state index >= 15 is 0 Å². The van der Waals surface area contributed by atoms with E-state index in [1.54, 1.807) is 18.2 Å². The number of ether oxygens (including phenoxy) is 2. The van der Waals surface area contributed by atoms with E-state index in [9.17, 15) is 9.90 Å². The Bertz CT molecular complexity index is 715. The van der Waals surface area contributed by atoms with Gasteiger partial charge in [0.2, 0.25) is 6.79 Å². The molecule has 1 aliphatic heterocycles. The molecule has 1 unspecified atom stereocenters. The number of aryl methyl sites for hydroxylation is 1. The third-order valence-corrected chi connectivity index (χ3v) is 3.79. The van der Waals surface area contributed by atoms with Crippen molar-refractivity contribution in [1.82, 2.24) is 5.32 Å². The Morgan fingerprint density at radius 1 is 1.17 bits per heavy atom. The number of carbonyl (C=O) groups is 1. The number of carbonyl (C=O) groups excluding carboxylic acids is 1. The summed E-state index contributed by atoms with van der Waals surface area (Å²) in [5, 5.41) is 15.7. The number of aliphatic hydroxyl groups is 1. The fourth-order valence-electron chi connectivity index (χ4n) is 2.42. The smallest absolute Gasteiger partial charge is 0.319 e. The highest BCUT2D eigenvalue weighted by Gasteiger charge is 2.16.